The first kappa shape index (κ1) is 16.2. The van der Waals surface area contributed by atoms with Gasteiger partial charge in [-0.1, -0.05) is 0 Å². The third-order valence-corrected chi connectivity index (χ3v) is 4.81. The van der Waals surface area contributed by atoms with Crippen LogP contribution in [0.1, 0.15) is 12.8 Å². The number of amides is 2. The number of halogens is 1. The van der Waals surface area contributed by atoms with E-state index < -0.39 is 0 Å². The minimum atomic E-state index is -0.297. The van der Waals surface area contributed by atoms with Gasteiger partial charge in [-0.05, 0) is 50.7 Å². The topological polar surface area (TPSA) is 38.8 Å². The molecule has 0 spiro atoms. The molecule has 126 valence electrons. The molecular weight excluding hydrogens is 295 g/mol. The average molecular weight is 320 g/mol. The molecule has 0 saturated carbocycles. The van der Waals surface area contributed by atoms with E-state index in [1.807, 2.05) is 4.90 Å². The van der Waals surface area contributed by atoms with Crippen LogP contribution in [0.4, 0.5) is 14.9 Å². The first-order chi connectivity index (χ1) is 11.1. The second-order valence-electron chi connectivity index (χ2n) is 6.52. The maximum atomic E-state index is 12.9. The maximum Gasteiger partial charge on any atom is 0.321 e. The van der Waals surface area contributed by atoms with Crippen LogP contribution in [0, 0.1) is 5.82 Å². The first-order valence-corrected chi connectivity index (χ1v) is 8.36. The lowest BCUT2D eigenvalue weighted by molar-refractivity contribution is 0.0717. The van der Waals surface area contributed by atoms with Gasteiger partial charge in [-0.3, -0.25) is 4.90 Å². The molecule has 5 nitrogen and oxygen atoms in total. The minimum absolute atomic E-state index is 0.1000. The van der Waals surface area contributed by atoms with E-state index >= 15 is 0 Å². The molecule has 0 aromatic heterocycles. The summed E-state index contributed by atoms with van der Waals surface area (Å²) in [6.07, 6.45) is 2.51. The highest BCUT2D eigenvalue weighted by atomic mass is 19.1. The number of piperazine rings is 1. The quantitative estimate of drug-likeness (QED) is 0.907. The Kier molecular flexibility index (Phi) is 5.13. The Balaban J connectivity index is 1.48. The normalized spacial score (nSPS) is 23.7. The van der Waals surface area contributed by atoms with Crippen LogP contribution in [0.2, 0.25) is 0 Å². The van der Waals surface area contributed by atoms with Crippen molar-refractivity contribution in [2.45, 2.75) is 18.9 Å². The molecule has 0 bridgehead atoms. The van der Waals surface area contributed by atoms with Crippen LogP contribution < -0.4 is 5.32 Å². The predicted molar refractivity (Wildman–Crippen MR) is 89.1 cm³/mol. The summed E-state index contributed by atoms with van der Waals surface area (Å²) in [5.41, 5.74) is 0.632. The van der Waals surface area contributed by atoms with Crippen molar-refractivity contribution >= 4 is 11.7 Å². The van der Waals surface area contributed by atoms with Gasteiger partial charge < -0.3 is 15.1 Å². The summed E-state index contributed by atoms with van der Waals surface area (Å²) in [7, 11) is 2.18. The second-order valence-corrected chi connectivity index (χ2v) is 6.52. The Bertz CT molecular complexity index is 528. The third kappa shape index (κ3) is 4.20. The molecule has 0 radical (unpaired) electrons. The number of rotatable bonds is 2. The lowest BCUT2D eigenvalue weighted by Crippen LogP contribution is -2.56. The molecule has 2 fully saturated rings. The fourth-order valence-electron chi connectivity index (χ4n) is 3.46. The van der Waals surface area contributed by atoms with Gasteiger partial charge in [-0.25, -0.2) is 9.18 Å². The Morgan fingerprint density at radius 2 is 1.83 bits per heavy atom. The number of anilines is 1. The molecule has 2 saturated heterocycles. The van der Waals surface area contributed by atoms with Gasteiger partial charge in [0.1, 0.15) is 5.82 Å². The van der Waals surface area contributed by atoms with Gasteiger partial charge in [0.25, 0.3) is 0 Å². The van der Waals surface area contributed by atoms with Gasteiger partial charge >= 0.3 is 6.03 Å². The predicted octanol–water partition coefficient (Wildman–Crippen LogP) is 2.07. The molecule has 1 unspecified atom stereocenters. The lowest BCUT2D eigenvalue weighted by atomic mass is 10.0. The molecule has 2 heterocycles. The van der Waals surface area contributed by atoms with Crippen molar-refractivity contribution in [3.63, 3.8) is 0 Å². The van der Waals surface area contributed by atoms with E-state index in [2.05, 4.69) is 22.2 Å². The minimum Gasteiger partial charge on any atom is -0.322 e. The zero-order valence-corrected chi connectivity index (χ0v) is 13.7. The first-order valence-electron chi connectivity index (χ1n) is 8.36. The van der Waals surface area contributed by atoms with E-state index in [0.29, 0.717) is 11.7 Å². The number of carbonyl (C=O) groups excluding carboxylic acids is 1. The number of likely N-dealkylation sites (tertiary alicyclic amines) is 1. The number of benzene rings is 1. The monoisotopic (exact) mass is 320 g/mol. The van der Waals surface area contributed by atoms with Gasteiger partial charge in [-0.15, -0.1) is 0 Å². The summed E-state index contributed by atoms with van der Waals surface area (Å²) >= 11 is 0. The van der Waals surface area contributed by atoms with E-state index in [1.54, 1.807) is 12.1 Å². The summed E-state index contributed by atoms with van der Waals surface area (Å²) in [6, 6.07) is 6.40. The fraction of sp³-hybridized carbons (Fsp3) is 0.588. The molecule has 0 aliphatic carbocycles. The van der Waals surface area contributed by atoms with E-state index in [4.69, 9.17) is 0 Å². The highest BCUT2D eigenvalue weighted by Crippen LogP contribution is 2.17. The highest BCUT2D eigenvalue weighted by Gasteiger charge is 2.28. The SMILES string of the molecule is CN1CCCC(N2CCN(C(=O)Nc3ccc(F)cc3)CC2)C1. The molecule has 2 aliphatic heterocycles. The van der Waals surface area contributed by atoms with Crippen LogP contribution in [0.25, 0.3) is 0 Å². The molecule has 1 N–H and O–H groups in total. The van der Waals surface area contributed by atoms with Crippen molar-refractivity contribution in [2.24, 2.45) is 0 Å². The van der Waals surface area contributed by atoms with E-state index in [-0.39, 0.29) is 11.8 Å². The van der Waals surface area contributed by atoms with E-state index in [1.165, 1.54) is 31.5 Å². The molecule has 6 heteroatoms. The Morgan fingerprint density at radius 1 is 1.13 bits per heavy atom. The summed E-state index contributed by atoms with van der Waals surface area (Å²) in [5, 5.41) is 2.83. The van der Waals surface area contributed by atoms with Crippen LogP contribution in [0.15, 0.2) is 24.3 Å². The van der Waals surface area contributed by atoms with Crippen LogP contribution in [-0.2, 0) is 0 Å². The number of piperidine rings is 1. The van der Waals surface area contributed by atoms with Gasteiger partial charge in [0.05, 0.1) is 0 Å². The zero-order chi connectivity index (χ0) is 16.2. The Hall–Kier alpha value is -1.66. The lowest BCUT2D eigenvalue weighted by Gasteiger charge is -2.42. The largest absolute Gasteiger partial charge is 0.322 e. The number of urea groups is 1. The second kappa shape index (κ2) is 7.27. The summed E-state index contributed by atoms with van der Waals surface area (Å²) in [4.78, 5) is 19.0. The van der Waals surface area contributed by atoms with Crippen molar-refractivity contribution in [3.8, 4) is 0 Å². The molecular formula is C17H25FN4O. The van der Waals surface area contributed by atoms with Crippen molar-refractivity contribution in [1.29, 1.82) is 0 Å². The van der Waals surface area contributed by atoms with Crippen molar-refractivity contribution in [3.05, 3.63) is 30.1 Å². The number of hydrogen-bond donors (Lipinski definition) is 1. The molecule has 1 aromatic rings. The van der Waals surface area contributed by atoms with Crippen LogP contribution in [0.5, 0.6) is 0 Å². The Labute approximate surface area is 137 Å². The number of hydrogen-bond acceptors (Lipinski definition) is 3. The van der Waals surface area contributed by atoms with Gasteiger partial charge in [0, 0.05) is 44.5 Å². The zero-order valence-electron chi connectivity index (χ0n) is 13.7. The average Bonchev–Trinajstić information content (AvgIpc) is 2.57. The smallest absolute Gasteiger partial charge is 0.321 e. The summed E-state index contributed by atoms with van der Waals surface area (Å²) in [6.45, 7) is 5.66. The van der Waals surface area contributed by atoms with Crippen molar-refractivity contribution in [1.82, 2.24) is 14.7 Å². The number of carbonyl (C=O) groups is 1. The molecule has 23 heavy (non-hydrogen) atoms. The van der Waals surface area contributed by atoms with Crippen molar-refractivity contribution in [2.75, 3.05) is 51.6 Å². The highest BCUT2D eigenvalue weighted by molar-refractivity contribution is 5.89. The molecule has 1 atom stereocenters. The van der Waals surface area contributed by atoms with Gasteiger partial charge in [0.15, 0.2) is 0 Å². The van der Waals surface area contributed by atoms with E-state index in [0.717, 1.165) is 32.7 Å². The standard InChI is InChI=1S/C17H25FN4O/c1-20-8-2-3-16(13-20)21-9-11-22(12-10-21)17(23)19-15-6-4-14(18)5-7-15/h4-7,16H,2-3,8-13H2,1H3,(H,19,23). The number of likely N-dealkylation sites (N-methyl/N-ethyl adjacent to an activating group) is 1. The fourth-order valence-corrected chi connectivity index (χ4v) is 3.46. The summed E-state index contributed by atoms with van der Waals surface area (Å²) in [5.74, 6) is -0.297. The molecule has 1 aromatic carbocycles. The van der Waals surface area contributed by atoms with Gasteiger partial charge in [0.2, 0.25) is 0 Å². The van der Waals surface area contributed by atoms with Crippen LogP contribution in [-0.4, -0.2) is 73.1 Å². The summed E-state index contributed by atoms with van der Waals surface area (Å²) < 4.78 is 12.9. The molecule has 3 rings (SSSR count). The van der Waals surface area contributed by atoms with Crippen LogP contribution in [0.3, 0.4) is 0 Å². The third-order valence-electron chi connectivity index (χ3n) is 4.81. The van der Waals surface area contributed by atoms with Crippen LogP contribution >= 0.6 is 0 Å². The Morgan fingerprint density at radius 3 is 2.48 bits per heavy atom. The molecule has 2 aliphatic rings. The van der Waals surface area contributed by atoms with Gasteiger partial charge in [-0.2, -0.15) is 0 Å². The molecule has 2 amide bonds. The number of nitrogens with one attached hydrogen (secondary N) is 1. The maximum absolute atomic E-state index is 12.9. The van der Waals surface area contributed by atoms with Crippen molar-refractivity contribution < 1.29 is 9.18 Å². The van der Waals surface area contributed by atoms with E-state index in [9.17, 15) is 9.18 Å². The number of nitrogens with zero attached hydrogens (tertiary/aromatic N) is 3.